The van der Waals surface area contributed by atoms with Crippen molar-refractivity contribution in [3.8, 4) is 0 Å². The highest BCUT2D eigenvalue weighted by atomic mass is 35.5. The average molecular weight is 701 g/mol. The highest BCUT2D eigenvalue weighted by Crippen LogP contribution is 2.58. The fraction of sp³-hybridized carbons (Fsp3) is 0.263. The first kappa shape index (κ1) is 34.2. The van der Waals surface area contributed by atoms with Gasteiger partial charge in [0.1, 0.15) is 0 Å². The summed E-state index contributed by atoms with van der Waals surface area (Å²) in [6.45, 7) is 6.48. The lowest BCUT2D eigenvalue weighted by Crippen LogP contribution is -2.49. The Bertz CT molecular complexity index is 1970. The van der Waals surface area contributed by atoms with Crippen LogP contribution in [0.2, 0.25) is 10.0 Å². The Hall–Kier alpha value is -4.70. The summed E-state index contributed by atoms with van der Waals surface area (Å²) >= 11 is 13.6. The molecule has 4 aromatic rings. The lowest BCUT2D eigenvalue weighted by atomic mass is 9.63. The van der Waals surface area contributed by atoms with Crippen molar-refractivity contribution in [2.75, 3.05) is 16.8 Å². The molecule has 1 spiro atoms. The molecule has 1 saturated heterocycles. The summed E-state index contributed by atoms with van der Waals surface area (Å²) in [6.07, 6.45) is 0.605. The van der Waals surface area contributed by atoms with Crippen LogP contribution in [-0.4, -0.2) is 52.6 Å². The van der Waals surface area contributed by atoms with Gasteiger partial charge in [-0.15, -0.1) is 0 Å². The van der Waals surface area contributed by atoms with E-state index in [-0.39, 0.29) is 46.5 Å². The minimum absolute atomic E-state index is 0.00806. The number of carboxylic acid groups (broad SMARTS) is 2. The van der Waals surface area contributed by atoms with E-state index in [0.29, 0.717) is 33.4 Å². The Morgan fingerprint density at radius 3 is 2.18 bits per heavy atom. The minimum atomic E-state index is -1.14. The van der Waals surface area contributed by atoms with Crippen LogP contribution in [0.1, 0.15) is 75.3 Å². The van der Waals surface area contributed by atoms with Gasteiger partial charge in [-0.2, -0.15) is 0 Å². The topological polar surface area (TPSA) is 136 Å². The van der Waals surface area contributed by atoms with Gasteiger partial charge in [0.2, 0.25) is 5.91 Å². The zero-order valence-corrected chi connectivity index (χ0v) is 28.5. The highest BCUT2D eigenvalue weighted by Gasteiger charge is 2.63. The Labute approximate surface area is 293 Å². The van der Waals surface area contributed by atoms with E-state index in [9.17, 15) is 29.4 Å². The molecule has 2 aliphatic heterocycles. The molecule has 4 N–H and O–H groups in total. The van der Waals surface area contributed by atoms with Crippen LogP contribution in [0.4, 0.5) is 11.4 Å². The standard InChI is InChI=1S/C38H35Cl2N3O6/c1-37(2,3)19-30-38(20-43(29-16-13-24(39)18-27(29)38)34(45)22-7-6-8-23(17-22)36(48)49)31(26-9-4-5-10-28(26)40)32(42-30)33(44)41-25-14-11-21(12-15-25)35(46)47/h4-18,30-32,42H,19-20H2,1-3H3,(H,41,44)(H,46,47)(H,48,49)/t30-,31-,32+,38-/m0/s1. The van der Waals surface area contributed by atoms with Crippen molar-refractivity contribution in [2.24, 2.45) is 5.41 Å². The third-order valence-corrected chi connectivity index (χ3v) is 9.98. The Morgan fingerprint density at radius 2 is 1.53 bits per heavy atom. The molecule has 6 rings (SSSR count). The Morgan fingerprint density at radius 1 is 0.857 bits per heavy atom. The number of nitrogens with zero attached hydrogens (tertiary/aromatic N) is 1. The van der Waals surface area contributed by atoms with Crippen LogP contribution in [0.3, 0.4) is 0 Å². The number of nitrogens with one attached hydrogen (secondary N) is 2. The molecule has 0 unspecified atom stereocenters. The number of aromatic carboxylic acids is 2. The zero-order valence-electron chi connectivity index (χ0n) is 27.0. The van der Waals surface area contributed by atoms with E-state index in [1.165, 1.54) is 24.3 Å². The average Bonchev–Trinajstić information content (AvgIpc) is 3.55. The van der Waals surface area contributed by atoms with Crippen LogP contribution in [-0.2, 0) is 10.2 Å². The third-order valence-electron chi connectivity index (χ3n) is 9.40. The summed E-state index contributed by atoms with van der Waals surface area (Å²) in [5.74, 6) is -3.57. The van der Waals surface area contributed by atoms with Crippen molar-refractivity contribution in [3.05, 3.63) is 129 Å². The van der Waals surface area contributed by atoms with Crippen molar-refractivity contribution in [1.82, 2.24) is 5.32 Å². The molecular weight excluding hydrogens is 665 g/mol. The van der Waals surface area contributed by atoms with Gasteiger partial charge in [-0.1, -0.05) is 68.2 Å². The van der Waals surface area contributed by atoms with Crippen molar-refractivity contribution in [3.63, 3.8) is 0 Å². The summed E-state index contributed by atoms with van der Waals surface area (Å²) in [4.78, 5) is 53.7. The summed E-state index contributed by atoms with van der Waals surface area (Å²) in [7, 11) is 0. The predicted octanol–water partition coefficient (Wildman–Crippen LogP) is 7.49. The van der Waals surface area contributed by atoms with Crippen LogP contribution >= 0.6 is 23.2 Å². The van der Waals surface area contributed by atoms with Gasteiger partial charge in [-0.05, 0) is 89.7 Å². The van der Waals surface area contributed by atoms with Gasteiger partial charge >= 0.3 is 11.9 Å². The first-order valence-corrected chi connectivity index (χ1v) is 16.5. The number of amides is 2. The van der Waals surface area contributed by atoms with Crippen molar-refractivity contribution >= 4 is 58.3 Å². The van der Waals surface area contributed by atoms with Gasteiger partial charge in [0.05, 0.1) is 17.2 Å². The van der Waals surface area contributed by atoms with Crippen LogP contribution < -0.4 is 15.5 Å². The monoisotopic (exact) mass is 699 g/mol. The van der Waals surface area contributed by atoms with E-state index in [0.717, 1.165) is 5.56 Å². The number of hydrogen-bond donors (Lipinski definition) is 4. The smallest absolute Gasteiger partial charge is 0.335 e. The summed E-state index contributed by atoms with van der Waals surface area (Å²) in [6, 6.07) is 23.4. The van der Waals surface area contributed by atoms with Gasteiger partial charge in [-0.3, -0.25) is 9.59 Å². The Balaban J connectivity index is 1.53. The van der Waals surface area contributed by atoms with E-state index in [4.69, 9.17) is 23.2 Å². The molecule has 2 heterocycles. The van der Waals surface area contributed by atoms with E-state index >= 15 is 0 Å². The number of benzene rings is 4. The molecule has 0 saturated carbocycles. The first-order chi connectivity index (χ1) is 23.2. The first-order valence-electron chi connectivity index (χ1n) is 15.8. The number of rotatable bonds is 7. The quantitative estimate of drug-likeness (QED) is 0.157. The maximum atomic E-state index is 14.4. The third kappa shape index (κ3) is 6.41. The van der Waals surface area contributed by atoms with Gasteiger partial charge in [-0.25, -0.2) is 9.59 Å². The molecule has 0 aromatic heterocycles. The molecule has 11 heteroatoms. The zero-order chi connectivity index (χ0) is 35.2. The van der Waals surface area contributed by atoms with Gasteiger partial charge in [0.25, 0.3) is 5.91 Å². The molecule has 0 radical (unpaired) electrons. The van der Waals surface area contributed by atoms with Crippen LogP contribution in [0, 0.1) is 5.41 Å². The SMILES string of the molecule is CC(C)(C)C[C@@H]1N[C@@H](C(=O)Nc2ccc(C(=O)O)cc2)[C@H](c2ccccc2Cl)[C@]12CN(C(=O)c1cccc(C(=O)O)c1)c1ccc(Cl)cc12. The number of fused-ring (bicyclic) bond motifs is 2. The van der Waals surface area contributed by atoms with Gasteiger partial charge < -0.3 is 25.7 Å². The highest BCUT2D eigenvalue weighted by molar-refractivity contribution is 6.31. The molecular formula is C38H35Cl2N3O6. The van der Waals surface area contributed by atoms with Gasteiger partial charge in [0.15, 0.2) is 0 Å². The summed E-state index contributed by atoms with van der Waals surface area (Å²) in [5, 5.41) is 26.5. The normalized spacial score (nSPS) is 21.4. The van der Waals surface area contributed by atoms with E-state index in [2.05, 4.69) is 31.4 Å². The summed E-state index contributed by atoms with van der Waals surface area (Å²) in [5.41, 5.74) is 1.67. The molecule has 4 aromatic carbocycles. The number of anilines is 2. The largest absolute Gasteiger partial charge is 0.478 e. The van der Waals surface area contributed by atoms with Gasteiger partial charge in [0, 0.05) is 50.9 Å². The molecule has 9 nitrogen and oxygen atoms in total. The van der Waals surface area contributed by atoms with Crippen LogP contribution in [0.15, 0.2) is 91.0 Å². The minimum Gasteiger partial charge on any atom is -0.478 e. The molecule has 252 valence electrons. The maximum Gasteiger partial charge on any atom is 0.335 e. The number of carbonyl (C=O) groups excluding carboxylic acids is 2. The number of carbonyl (C=O) groups is 4. The molecule has 49 heavy (non-hydrogen) atoms. The molecule has 1 fully saturated rings. The Kier molecular flexibility index (Phi) is 9.04. The number of carboxylic acids is 2. The second-order valence-electron chi connectivity index (χ2n) is 13.8. The fourth-order valence-corrected chi connectivity index (χ4v) is 7.82. The molecule has 2 aliphatic rings. The van der Waals surface area contributed by atoms with E-state index < -0.39 is 29.3 Å². The lowest BCUT2D eigenvalue weighted by Gasteiger charge is -2.40. The molecule has 4 atom stereocenters. The maximum absolute atomic E-state index is 14.4. The lowest BCUT2D eigenvalue weighted by molar-refractivity contribution is -0.118. The van der Waals surface area contributed by atoms with Crippen LogP contribution in [0.5, 0.6) is 0 Å². The van der Waals surface area contributed by atoms with Crippen molar-refractivity contribution < 1.29 is 29.4 Å². The molecule has 0 bridgehead atoms. The summed E-state index contributed by atoms with van der Waals surface area (Å²) < 4.78 is 0. The second-order valence-corrected chi connectivity index (χ2v) is 14.7. The number of halogens is 2. The van der Waals surface area contributed by atoms with E-state index in [1.54, 1.807) is 47.4 Å². The molecule has 2 amide bonds. The predicted molar refractivity (Wildman–Crippen MR) is 189 cm³/mol. The number of hydrogen-bond acceptors (Lipinski definition) is 5. The van der Waals surface area contributed by atoms with Crippen molar-refractivity contribution in [2.45, 2.75) is 50.6 Å². The second kappa shape index (κ2) is 13.0. The fourth-order valence-electron chi connectivity index (χ4n) is 7.39. The van der Waals surface area contributed by atoms with Crippen LogP contribution in [0.25, 0.3) is 0 Å². The van der Waals surface area contributed by atoms with E-state index in [1.807, 2.05) is 24.3 Å². The molecule has 0 aliphatic carbocycles. The van der Waals surface area contributed by atoms with Crippen molar-refractivity contribution in [1.29, 1.82) is 0 Å².